The maximum Gasteiger partial charge on any atom is 0.116 e. The van der Waals surface area contributed by atoms with Gasteiger partial charge in [-0.15, -0.1) is 11.3 Å². The molecular formula is C14H18O2S. The van der Waals surface area contributed by atoms with Crippen molar-refractivity contribution >= 4 is 11.3 Å². The molecule has 2 nitrogen and oxygen atoms in total. The molecule has 0 saturated heterocycles. The first-order valence-corrected chi connectivity index (χ1v) is 6.53. The van der Waals surface area contributed by atoms with Crippen LogP contribution in [0.25, 0.3) is 0 Å². The minimum atomic E-state index is -0.575. The molecule has 0 aliphatic rings. The standard InChI is InChI=1S/C14H18O2S/c1-9-7-10(8-16-9)13(15)11-5-6-12(17-11)14(2,3)4/h5-8,13,15H,1-4H3. The molecule has 1 N–H and O–H groups in total. The van der Waals surface area contributed by atoms with Crippen molar-refractivity contribution in [2.24, 2.45) is 0 Å². The van der Waals surface area contributed by atoms with Crippen molar-refractivity contribution in [1.29, 1.82) is 0 Å². The van der Waals surface area contributed by atoms with Crippen LogP contribution < -0.4 is 0 Å². The maximum atomic E-state index is 10.2. The molecule has 0 bridgehead atoms. The SMILES string of the molecule is Cc1cc(C(O)c2ccc(C(C)(C)C)s2)co1. The Kier molecular flexibility index (Phi) is 3.15. The zero-order chi connectivity index (χ0) is 12.6. The van der Waals surface area contributed by atoms with E-state index < -0.39 is 6.10 Å². The van der Waals surface area contributed by atoms with Crippen molar-refractivity contribution in [3.05, 3.63) is 45.5 Å². The van der Waals surface area contributed by atoms with Gasteiger partial charge in [-0.3, -0.25) is 0 Å². The van der Waals surface area contributed by atoms with Gasteiger partial charge in [0.15, 0.2) is 0 Å². The molecule has 2 aromatic heterocycles. The lowest BCUT2D eigenvalue weighted by Gasteiger charge is -2.15. The van der Waals surface area contributed by atoms with Gasteiger partial charge < -0.3 is 9.52 Å². The Balaban J connectivity index is 2.26. The molecule has 0 aromatic carbocycles. The molecule has 92 valence electrons. The molecule has 0 amide bonds. The van der Waals surface area contributed by atoms with Crippen molar-refractivity contribution in [2.75, 3.05) is 0 Å². The average molecular weight is 250 g/mol. The van der Waals surface area contributed by atoms with E-state index in [1.54, 1.807) is 17.6 Å². The maximum absolute atomic E-state index is 10.2. The van der Waals surface area contributed by atoms with Crippen molar-refractivity contribution in [3.63, 3.8) is 0 Å². The third-order valence-corrected chi connectivity index (χ3v) is 4.27. The normalized spacial score (nSPS) is 13.9. The number of aliphatic hydroxyl groups excluding tert-OH is 1. The molecule has 1 atom stereocenters. The Hall–Kier alpha value is -1.06. The van der Waals surface area contributed by atoms with Gasteiger partial charge in [-0.05, 0) is 30.5 Å². The van der Waals surface area contributed by atoms with Gasteiger partial charge in [0, 0.05) is 15.3 Å². The molecule has 2 heterocycles. The predicted molar refractivity (Wildman–Crippen MR) is 70.5 cm³/mol. The van der Waals surface area contributed by atoms with Crippen molar-refractivity contribution < 1.29 is 9.52 Å². The second-order valence-electron chi connectivity index (χ2n) is 5.35. The van der Waals surface area contributed by atoms with E-state index in [0.29, 0.717) is 0 Å². The Labute approximate surface area is 106 Å². The highest BCUT2D eigenvalue weighted by molar-refractivity contribution is 7.12. The highest BCUT2D eigenvalue weighted by Crippen LogP contribution is 2.34. The van der Waals surface area contributed by atoms with Gasteiger partial charge >= 0.3 is 0 Å². The van der Waals surface area contributed by atoms with Crippen molar-refractivity contribution in [3.8, 4) is 0 Å². The van der Waals surface area contributed by atoms with Crippen molar-refractivity contribution in [2.45, 2.75) is 39.2 Å². The third kappa shape index (κ3) is 2.61. The summed E-state index contributed by atoms with van der Waals surface area (Å²) in [5, 5.41) is 10.2. The summed E-state index contributed by atoms with van der Waals surface area (Å²) < 4.78 is 5.23. The molecule has 3 heteroatoms. The van der Waals surface area contributed by atoms with E-state index in [1.807, 2.05) is 19.1 Å². The Morgan fingerprint density at radius 1 is 1.29 bits per heavy atom. The first kappa shape index (κ1) is 12.4. The fourth-order valence-corrected chi connectivity index (χ4v) is 2.75. The van der Waals surface area contributed by atoms with E-state index in [4.69, 9.17) is 4.42 Å². The van der Waals surface area contributed by atoms with Gasteiger partial charge in [-0.25, -0.2) is 0 Å². The average Bonchev–Trinajstić information content (AvgIpc) is 2.83. The Bertz CT molecular complexity index is 502. The minimum Gasteiger partial charge on any atom is -0.469 e. The molecule has 0 saturated carbocycles. The van der Waals surface area contributed by atoms with Crippen LogP contribution in [0.1, 0.15) is 48.0 Å². The van der Waals surface area contributed by atoms with E-state index >= 15 is 0 Å². The second-order valence-corrected chi connectivity index (χ2v) is 6.46. The first-order chi connectivity index (χ1) is 7.88. The van der Waals surface area contributed by atoms with Crippen LogP contribution in [0.3, 0.4) is 0 Å². The highest BCUT2D eigenvalue weighted by Gasteiger charge is 2.20. The fraction of sp³-hybridized carbons (Fsp3) is 0.429. The van der Waals surface area contributed by atoms with E-state index in [1.165, 1.54) is 4.88 Å². The zero-order valence-electron chi connectivity index (χ0n) is 10.7. The van der Waals surface area contributed by atoms with E-state index in [2.05, 4.69) is 26.8 Å². The van der Waals surface area contributed by atoms with Crippen LogP contribution >= 0.6 is 11.3 Å². The van der Waals surface area contributed by atoms with Crippen LogP contribution in [0.2, 0.25) is 0 Å². The smallest absolute Gasteiger partial charge is 0.116 e. The predicted octanol–water partition coefficient (Wildman–Crippen LogP) is 4.03. The number of thiophene rings is 1. The van der Waals surface area contributed by atoms with Gasteiger partial charge in [-0.2, -0.15) is 0 Å². The molecule has 0 aliphatic heterocycles. The summed E-state index contributed by atoms with van der Waals surface area (Å²) in [6, 6.07) is 5.97. The quantitative estimate of drug-likeness (QED) is 0.873. The lowest BCUT2D eigenvalue weighted by atomic mass is 9.95. The summed E-state index contributed by atoms with van der Waals surface area (Å²) in [6.07, 6.45) is 1.05. The van der Waals surface area contributed by atoms with E-state index in [9.17, 15) is 5.11 Å². The monoisotopic (exact) mass is 250 g/mol. The number of rotatable bonds is 2. The zero-order valence-corrected chi connectivity index (χ0v) is 11.5. The molecule has 1 unspecified atom stereocenters. The summed E-state index contributed by atoms with van der Waals surface area (Å²) in [6.45, 7) is 8.41. The van der Waals surface area contributed by atoms with Gasteiger partial charge in [0.2, 0.25) is 0 Å². The van der Waals surface area contributed by atoms with E-state index in [0.717, 1.165) is 16.2 Å². The van der Waals surface area contributed by atoms with Crippen LogP contribution in [-0.4, -0.2) is 5.11 Å². The highest BCUT2D eigenvalue weighted by atomic mass is 32.1. The largest absolute Gasteiger partial charge is 0.469 e. The molecule has 0 fully saturated rings. The first-order valence-electron chi connectivity index (χ1n) is 5.71. The van der Waals surface area contributed by atoms with Crippen LogP contribution in [0, 0.1) is 6.92 Å². The van der Waals surface area contributed by atoms with Crippen LogP contribution in [0.15, 0.2) is 28.9 Å². The number of aryl methyl sites for hydroxylation is 1. The third-order valence-electron chi connectivity index (χ3n) is 2.70. The minimum absolute atomic E-state index is 0.134. The number of hydrogen-bond acceptors (Lipinski definition) is 3. The molecule has 2 rings (SSSR count). The summed E-state index contributed by atoms with van der Waals surface area (Å²) in [5.41, 5.74) is 0.958. The molecule has 0 radical (unpaired) electrons. The Morgan fingerprint density at radius 3 is 2.47 bits per heavy atom. The molecular weight excluding hydrogens is 232 g/mol. The second kappa shape index (κ2) is 4.31. The number of aliphatic hydroxyl groups is 1. The van der Waals surface area contributed by atoms with Gasteiger partial charge in [0.05, 0.1) is 6.26 Å². The molecule has 17 heavy (non-hydrogen) atoms. The fourth-order valence-electron chi connectivity index (χ4n) is 1.67. The molecule has 0 spiro atoms. The number of hydrogen-bond donors (Lipinski definition) is 1. The summed E-state index contributed by atoms with van der Waals surface area (Å²) in [7, 11) is 0. The van der Waals surface area contributed by atoms with Gasteiger partial charge in [0.25, 0.3) is 0 Å². The van der Waals surface area contributed by atoms with Crippen LogP contribution in [-0.2, 0) is 5.41 Å². The van der Waals surface area contributed by atoms with Crippen molar-refractivity contribution in [1.82, 2.24) is 0 Å². The van der Waals surface area contributed by atoms with Gasteiger partial charge in [0.1, 0.15) is 11.9 Å². The summed E-state index contributed by atoms with van der Waals surface area (Å²) >= 11 is 1.66. The lowest BCUT2D eigenvalue weighted by Crippen LogP contribution is -2.07. The lowest BCUT2D eigenvalue weighted by molar-refractivity contribution is 0.223. The molecule has 2 aromatic rings. The van der Waals surface area contributed by atoms with Crippen LogP contribution in [0.5, 0.6) is 0 Å². The molecule has 0 aliphatic carbocycles. The summed E-state index contributed by atoms with van der Waals surface area (Å²) in [4.78, 5) is 2.25. The van der Waals surface area contributed by atoms with Crippen LogP contribution in [0.4, 0.5) is 0 Å². The Morgan fingerprint density at radius 2 is 2.00 bits per heavy atom. The van der Waals surface area contributed by atoms with E-state index in [-0.39, 0.29) is 5.41 Å². The van der Waals surface area contributed by atoms with Gasteiger partial charge in [-0.1, -0.05) is 20.8 Å². The summed E-state index contributed by atoms with van der Waals surface area (Å²) in [5.74, 6) is 0.826. The topological polar surface area (TPSA) is 33.4 Å². The number of furan rings is 1.